The highest BCUT2D eigenvalue weighted by molar-refractivity contribution is 5.77. The number of nitrogens with one attached hydrogen (secondary N) is 1. The summed E-state index contributed by atoms with van der Waals surface area (Å²) in [7, 11) is 3.18. The van der Waals surface area contributed by atoms with E-state index in [0.29, 0.717) is 18.0 Å². The van der Waals surface area contributed by atoms with Gasteiger partial charge in [-0.2, -0.15) is 0 Å². The maximum Gasteiger partial charge on any atom is 0.188 e. The molecule has 0 aromatic heterocycles. The van der Waals surface area contributed by atoms with E-state index in [0.717, 1.165) is 24.1 Å². The van der Waals surface area contributed by atoms with Crippen LogP contribution in [0.1, 0.15) is 11.1 Å². The van der Waals surface area contributed by atoms with Crippen molar-refractivity contribution in [1.29, 1.82) is 0 Å². The zero-order valence-corrected chi connectivity index (χ0v) is 14.9. The summed E-state index contributed by atoms with van der Waals surface area (Å²) < 4.78 is 37.1. The number of methoxy groups -OCH3 is 2. The fraction of sp³-hybridized carbons (Fsp3) is 0.316. The van der Waals surface area contributed by atoms with Crippen molar-refractivity contribution in [1.82, 2.24) is 5.32 Å². The van der Waals surface area contributed by atoms with Crippen LogP contribution in [-0.2, 0) is 12.8 Å². The minimum absolute atomic E-state index is 0.266. The molecular weight excluding hydrogens is 340 g/mol. The van der Waals surface area contributed by atoms with Crippen molar-refractivity contribution in [2.45, 2.75) is 12.8 Å². The molecule has 0 aliphatic heterocycles. The molecule has 2 aromatic rings. The molecule has 0 aliphatic carbocycles. The van der Waals surface area contributed by atoms with Gasteiger partial charge in [0.25, 0.3) is 0 Å². The van der Waals surface area contributed by atoms with Crippen molar-refractivity contribution >= 4 is 5.96 Å². The third kappa shape index (κ3) is 5.61. The van der Waals surface area contributed by atoms with Gasteiger partial charge in [-0.15, -0.1) is 0 Å². The van der Waals surface area contributed by atoms with Crippen molar-refractivity contribution in [3.05, 3.63) is 59.2 Å². The third-order valence-corrected chi connectivity index (χ3v) is 3.84. The lowest BCUT2D eigenvalue weighted by atomic mass is 10.1. The van der Waals surface area contributed by atoms with E-state index in [-0.39, 0.29) is 24.5 Å². The molecule has 0 radical (unpaired) electrons. The molecule has 5 nitrogen and oxygen atoms in total. The highest BCUT2D eigenvalue weighted by Gasteiger charge is 2.05. The molecular formula is C19H23F2N3O2. The maximum absolute atomic E-state index is 13.5. The molecule has 0 amide bonds. The molecule has 0 aliphatic rings. The van der Waals surface area contributed by atoms with Crippen LogP contribution in [0.3, 0.4) is 0 Å². The maximum atomic E-state index is 13.5. The number of nitrogens with two attached hydrogens (primary N) is 1. The monoisotopic (exact) mass is 363 g/mol. The summed E-state index contributed by atoms with van der Waals surface area (Å²) in [5.74, 6) is 0.703. The van der Waals surface area contributed by atoms with Gasteiger partial charge in [0.1, 0.15) is 11.6 Å². The Hall–Kier alpha value is -2.83. The minimum atomic E-state index is -0.466. The average Bonchev–Trinajstić information content (AvgIpc) is 2.64. The highest BCUT2D eigenvalue weighted by atomic mass is 19.1. The zero-order chi connectivity index (χ0) is 18.9. The normalized spacial score (nSPS) is 11.3. The van der Waals surface area contributed by atoms with Crippen LogP contribution in [0.5, 0.6) is 11.5 Å². The van der Waals surface area contributed by atoms with Gasteiger partial charge in [0.2, 0.25) is 0 Å². The second-order valence-electron chi connectivity index (χ2n) is 5.62. The lowest BCUT2D eigenvalue weighted by Gasteiger charge is -2.10. The number of ether oxygens (including phenoxy) is 2. The number of hydrogen-bond acceptors (Lipinski definition) is 3. The fourth-order valence-corrected chi connectivity index (χ4v) is 2.46. The van der Waals surface area contributed by atoms with Crippen LogP contribution in [0.2, 0.25) is 0 Å². The SMILES string of the molecule is COc1ccc(CCNC(N)=NCCc2cc(F)ccc2F)cc1OC. The van der Waals surface area contributed by atoms with Crippen molar-refractivity contribution in [2.75, 3.05) is 27.3 Å². The van der Waals surface area contributed by atoms with Crippen molar-refractivity contribution in [2.24, 2.45) is 10.7 Å². The van der Waals surface area contributed by atoms with Crippen LogP contribution in [0, 0.1) is 11.6 Å². The van der Waals surface area contributed by atoms with Crippen LogP contribution >= 0.6 is 0 Å². The summed E-state index contributed by atoms with van der Waals surface area (Å²) in [5, 5.41) is 3.00. The Labute approximate surface area is 151 Å². The summed E-state index contributed by atoms with van der Waals surface area (Å²) >= 11 is 0. The lowest BCUT2D eigenvalue weighted by Crippen LogP contribution is -2.33. The molecule has 0 spiro atoms. The number of hydrogen-bond donors (Lipinski definition) is 2. The van der Waals surface area contributed by atoms with Gasteiger partial charge < -0.3 is 20.5 Å². The number of halogens is 2. The Morgan fingerprint density at radius 2 is 1.81 bits per heavy atom. The van der Waals surface area contributed by atoms with Gasteiger partial charge >= 0.3 is 0 Å². The minimum Gasteiger partial charge on any atom is -0.493 e. The Kier molecular flexibility index (Phi) is 7.20. The summed E-state index contributed by atoms with van der Waals surface area (Å²) in [6.45, 7) is 0.856. The molecule has 0 unspecified atom stereocenters. The molecule has 0 bridgehead atoms. The predicted molar refractivity (Wildman–Crippen MR) is 97.8 cm³/mol. The molecule has 3 N–H and O–H groups in total. The van der Waals surface area contributed by atoms with E-state index in [9.17, 15) is 8.78 Å². The van der Waals surface area contributed by atoms with E-state index in [1.807, 2.05) is 18.2 Å². The molecule has 2 rings (SSSR count). The van der Waals surface area contributed by atoms with E-state index < -0.39 is 11.6 Å². The Morgan fingerprint density at radius 3 is 2.54 bits per heavy atom. The van der Waals surface area contributed by atoms with Crippen LogP contribution in [0.4, 0.5) is 8.78 Å². The van der Waals surface area contributed by atoms with Crippen molar-refractivity contribution < 1.29 is 18.3 Å². The Morgan fingerprint density at radius 1 is 1.04 bits per heavy atom. The number of aliphatic imine (C=N–C) groups is 1. The first-order chi connectivity index (χ1) is 12.5. The standard InChI is InChI=1S/C19H23F2N3O2/c1-25-17-6-3-13(11-18(17)26-2)7-9-23-19(22)24-10-8-14-12-15(20)4-5-16(14)21/h3-6,11-12H,7-10H2,1-2H3,(H3,22,23,24). The number of rotatable bonds is 8. The van der Waals surface area contributed by atoms with Crippen LogP contribution < -0.4 is 20.5 Å². The summed E-state index contributed by atoms with van der Waals surface area (Å²) in [6.07, 6.45) is 0.997. The summed E-state index contributed by atoms with van der Waals surface area (Å²) in [4.78, 5) is 4.13. The molecule has 0 saturated heterocycles. The Balaban J connectivity index is 1.80. The third-order valence-electron chi connectivity index (χ3n) is 3.84. The molecule has 0 saturated carbocycles. The average molecular weight is 363 g/mol. The number of guanidine groups is 1. The Bertz CT molecular complexity index is 766. The number of benzene rings is 2. The van der Waals surface area contributed by atoms with Crippen LogP contribution in [0.15, 0.2) is 41.4 Å². The first kappa shape index (κ1) is 19.5. The largest absolute Gasteiger partial charge is 0.493 e. The van der Waals surface area contributed by atoms with Crippen LogP contribution in [0.25, 0.3) is 0 Å². The number of nitrogens with zero attached hydrogens (tertiary/aromatic N) is 1. The van der Waals surface area contributed by atoms with Gasteiger partial charge in [-0.1, -0.05) is 6.07 Å². The molecule has 140 valence electrons. The van der Waals surface area contributed by atoms with E-state index in [4.69, 9.17) is 15.2 Å². The van der Waals surface area contributed by atoms with Crippen molar-refractivity contribution in [3.8, 4) is 11.5 Å². The van der Waals surface area contributed by atoms with Gasteiger partial charge in [-0.05, 0) is 54.3 Å². The second kappa shape index (κ2) is 9.60. The highest BCUT2D eigenvalue weighted by Crippen LogP contribution is 2.27. The van der Waals surface area contributed by atoms with Gasteiger partial charge in [0.15, 0.2) is 17.5 Å². The van der Waals surface area contributed by atoms with Gasteiger partial charge in [0.05, 0.1) is 14.2 Å². The lowest BCUT2D eigenvalue weighted by molar-refractivity contribution is 0.354. The molecule has 26 heavy (non-hydrogen) atoms. The van der Waals surface area contributed by atoms with Gasteiger partial charge in [-0.3, -0.25) is 4.99 Å². The van der Waals surface area contributed by atoms with Gasteiger partial charge in [-0.25, -0.2) is 8.78 Å². The van der Waals surface area contributed by atoms with E-state index in [2.05, 4.69) is 10.3 Å². The molecule has 0 fully saturated rings. The molecule has 0 atom stereocenters. The van der Waals surface area contributed by atoms with Crippen molar-refractivity contribution in [3.63, 3.8) is 0 Å². The second-order valence-corrected chi connectivity index (χ2v) is 5.62. The predicted octanol–water partition coefficient (Wildman–Crippen LogP) is 2.67. The van der Waals surface area contributed by atoms with E-state index in [1.165, 1.54) is 6.07 Å². The van der Waals surface area contributed by atoms with Crippen LogP contribution in [-0.4, -0.2) is 33.3 Å². The van der Waals surface area contributed by atoms with E-state index >= 15 is 0 Å². The molecule has 2 aromatic carbocycles. The summed E-state index contributed by atoms with van der Waals surface area (Å²) in [6, 6.07) is 9.07. The molecule has 0 heterocycles. The smallest absolute Gasteiger partial charge is 0.188 e. The quantitative estimate of drug-likeness (QED) is 0.559. The summed E-state index contributed by atoms with van der Waals surface area (Å²) in [5.41, 5.74) is 7.14. The van der Waals surface area contributed by atoms with E-state index in [1.54, 1.807) is 14.2 Å². The first-order valence-electron chi connectivity index (χ1n) is 8.22. The first-order valence-corrected chi connectivity index (χ1v) is 8.22. The van der Waals surface area contributed by atoms with Gasteiger partial charge in [0, 0.05) is 13.1 Å². The fourth-order valence-electron chi connectivity index (χ4n) is 2.46. The topological polar surface area (TPSA) is 68.9 Å². The molecule has 7 heteroatoms. The zero-order valence-electron chi connectivity index (χ0n) is 14.9.